The number of halogens is 1. The number of nitro groups is 1. The molecule has 0 saturated carbocycles. The SMILES string of the molecule is CN(C)c1ccc(C(=O)NCCOc2ccc(Cl)cc2)cc1[N+](=O)[O-]. The number of benzene rings is 2. The van der Waals surface area contributed by atoms with Crippen LogP contribution in [-0.4, -0.2) is 38.1 Å². The molecule has 0 radical (unpaired) electrons. The largest absolute Gasteiger partial charge is 0.492 e. The smallest absolute Gasteiger partial charge is 0.293 e. The normalized spacial score (nSPS) is 10.2. The summed E-state index contributed by atoms with van der Waals surface area (Å²) in [6, 6.07) is 11.3. The zero-order valence-electron chi connectivity index (χ0n) is 13.9. The lowest BCUT2D eigenvalue weighted by Crippen LogP contribution is -2.28. The molecule has 0 aliphatic heterocycles. The molecule has 1 amide bonds. The van der Waals surface area contributed by atoms with Crippen LogP contribution in [0.1, 0.15) is 10.4 Å². The highest BCUT2D eigenvalue weighted by atomic mass is 35.5. The molecule has 132 valence electrons. The Kier molecular flexibility index (Phi) is 6.19. The lowest BCUT2D eigenvalue weighted by atomic mass is 10.1. The lowest BCUT2D eigenvalue weighted by molar-refractivity contribution is -0.384. The number of hydrogen-bond acceptors (Lipinski definition) is 5. The third-order valence-corrected chi connectivity index (χ3v) is 3.64. The summed E-state index contributed by atoms with van der Waals surface area (Å²) in [6.07, 6.45) is 0. The van der Waals surface area contributed by atoms with Crippen molar-refractivity contribution in [1.29, 1.82) is 0 Å². The van der Waals surface area contributed by atoms with E-state index in [1.165, 1.54) is 6.07 Å². The summed E-state index contributed by atoms with van der Waals surface area (Å²) in [5.41, 5.74) is 0.548. The summed E-state index contributed by atoms with van der Waals surface area (Å²) in [6.45, 7) is 0.538. The van der Waals surface area contributed by atoms with Crippen molar-refractivity contribution in [2.24, 2.45) is 0 Å². The zero-order valence-corrected chi connectivity index (χ0v) is 14.6. The summed E-state index contributed by atoms with van der Waals surface area (Å²) in [5, 5.41) is 14.4. The molecular weight excluding hydrogens is 346 g/mol. The van der Waals surface area contributed by atoms with Gasteiger partial charge in [0, 0.05) is 30.7 Å². The number of carbonyl (C=O) groups excluding carboxylic acids is 1. The number of hydrogen-bond donors (Lipinski definition) is 1. The summed E-state index contributed by atoms with van der Waals surface area (Å²) >= 11 is 5.78. The predicted octanol–water partition coefficient (Wildman–Crippen LogP) is 3.12. The van der Waals surface area contributed by atoms with Gasteiger partial charge < -0.3 is 15.0 Å². The molecule has 2 aromatic rings. The van der Waals surface area contributed by atoms with Crippen LogP contribution in [0.25, 0.3) is 0 Å². The Morgan fingerprint density at radius 2 is 1.92 bits per heavy atom. The first-order valence-electron chi connectivity index (χ1n) is 7.51. The molecule has 0 atom stereocenters. The van der Waals surface area contributed by atoms with Crippen molar-refractivity contribution >= 4 is 28.9 Å². The number of amides is 1. The predicted molar refractivity (Wildman–Crippen MR) is 96.7 cm³/mol. The van der Waals surface area contributed by atoms with E-state index in [0.29, 0.717) is 16.5 Å². The quantitative estimate of drug-likeness (QED) is 0.464. The van der Waals surface area contributed by atoms with E-state index in [4.69, 9.17) is 16.3 Å². The first-order valence-corrected chi connectivity index (χ1v) is 7.88. The maximum atomic E-state index is 12.1. The average molecular weight is 364 g/mol. The molecule has 0 heterocycles. The fraction of sp³-hybridized carbons (Fsp3) is 0.235. The first kappa shape index (κ1) is 18.5. The highest BCUT2D eigenvalue weighted by molar-refractivity contribution is 6.30. The van der Waals surface area contributed by atoms with Crippen LogP contribution in [0.4, 0.5) is 11.4 Å². The molecule has 25 heavy (non-hydrogen) atoms. The van der Waals surface area contributed by atoms with Gasteiger partial charge in [0.05, 0.1) is 11.5 Å². The van der Waals surface area contributed by atoms with Gasteiger partial charge in [-0.25, -0.2) is 0 Å². The van der Waals surface area contributed by atoms with Gasteiger partial charge >= 0.3 is 0 Å². The third-order valence-electron chi connectivity index (χ3n) is 3.39. The van der Waals surface area contributed by atoms with Gasteiger partial charge in [-0.05, 0) is 36.4 Å². The van der Waals surface area contributed by atoms with Gasteiger partial charge in [0.25, 0.3) is 11.6 Å². The number of ether oxygens (including phenoxy) is 1. The maximum absolute atomic E-state index is 12.1. The van der Waals surface area contributed by atoms with E-state index in [9.17, 15) is 14.9 Å². The highest BCUT2D eigenvalue weighted by Gasteiger charge is 2.18. The van der Waals surface area contributed by atoms with E-state index in [1.807, 2.05) is 0 Å². The minimum absolute atomic E-state index is 0.116. The number of anilines is 1. The molecule has 7 nitrogen and oxygen atoms in total. The van der Waals surface area contributed by atoms with Crippen LogP contribution in [0.3, 0.4) is 0 Å². The van der Waals surface area contributed by atoms with Gasteiger partial charge in [-0.2, -0.15) is 0 Å². The van der Waals surface area contributed by atoms with Gasteiger partial charge in [-0.15, -0.1) is 0 Å². The first-order chi connectivity index (χ1) is 11.9. The summed E-state index contributed by atoms with van der Waals surface area (Å²) in [4.78, 5) is 24.4. The summed E-state index contributed by atoms with van der Waals surface area (Å²) in [5.74, 6) is 0.248. The zero-order chi connectivity index (χ0) is 18.4. The van der Waals surface area contributed by atoms with E-state index in [2.05, 4.69) is 5.32 Å². The van der Waals surface area contributed by atoms with Crippen molar-refractivity contribution in [3.8, 4) is 5.75 Å². The Hall–Kier alpha value is -2.80. The van der Waals surface area contributed by atoms with E-state index >= 15 is 0 Å². The lowest BCUT2D eigenvalue weighted by Gasteiger charge is -2.13. The highest BCUT2D eigenvalue weighted by Crippen LogP contribution is 2.27. The van der Waals surface area contributed by atoms with Crippen molar-refractivity contribution in [2.45, 2.75) is 0 Å². The summed E-state index contributed by atoms with van der Waals surface area (Å²) in [7, 11) is 3.41. The Labute approximate surface area is 150 Å². The fourth-order valence-corrected chi connectivity index (χ4v) is 2.28. The van der Waals surface area contributed by atoms with Crippen molar-refractivity contribution in [2.75, 3.05) is 32.1 Å². The Morgan fingerprint density at radius 1 is 1.24 bits per heavy atom. The molecule has 0 spiro atoms. The Bertz CT molecular complexity index is 763. The second-order valence-electron chi connectivity index (χ2n) is 5.41. The third kappa shape index (κ3) is 5.09. The number of rotatable bonds is 7. The van der Waals surface area contributed by atoms with E-state index in [1.54, 1.807) is 55.4 Å². The van der Waals surface area contributed by atoms with Crippen LogP contribution in [0, 0.1) is 10.1 Å². The minimum atomic E-state index is -0.504. The van der Waals surface area contributed by atoms with Crippen LogP contribution in [0.5, 0.6) is 5.75 Å². The van der Waals surface area contributed by atoms with Gasteiger partial charge in [0.2, 0.25) is 0 Å². The van der Waals surface area contributed by atoms with Crippen LogP contribution < -0.4 is 15.0 Å². The van der Waals surface area contributed by atoms with Crippen LogP contribution in [0.2, 0.25) is 5.02 Å². The van der Waals surface area contributed by atoms with E-state index in [0.717, 1.165) is 0 Å². The van der Waals surface area contributed by atoms with Gasteiger partial charge in [0.1, 0.15) is 18.0 Å². The standard InChI is InChI=1S/C17H18ClN3O4/c1-20(2)15-8-3-12(11-16(15)21(23)24)17(22)19-9-10-25-14-6-4-13(18)5-7-14/h3-8,11H,9-10H2,1-2H3,(H,19,22). The second-order valence-corrected chi connectivity index (χ2v) is 5.85. The van der Waals surface area contributed by atoms with Crippen LogP contribution in [-0.2, 0) is 0 Å². The molecule has 0 fully saturated rings. The minimum Gasteiger partial charge on any atom is -0.492 e. The van der Waals surface area contributed by atoms with Gasteiger partial charge in [-0.1, -0.05) is 11.6 Å². The molecule has 2 aromatic carbocycles. The molecule has 0 aliphatic carbocycles. The molecule has 2 rings (SSSR count). The molecular formula is C17H18ClN3O4. The Morgan fingerprint density at radius 3 is 2.52 bits per heavy atom. The fourth-order valence-electron chi connectivity index (χ4n) is 2.16. The number of nitro benzene ring substituents is 1. The van der Waals surface area contributed by atoms with Crippen molar-refractivity contribution in [3.63, 3.8) is 0 Å². The van der Waals surface area contributed by atoms with Crippen molar-refractivity contribution < 1.29 is 14.5 Å². The summed E-state index contributed by atoms with van der Waals surface area (Å²) < 4.78 is 5.47. The molecule has 0 aliphatic rings. The molecule has 0 bridgehead atoms. The number of nitrogens with one attached hydrogen (secondary N) is 1. The van der Waals surface area contributed by atoms with Crippen molar-refractivity contribution in [3.05, 3.63) is 63.2 Å². The topological polar surface area (TPSA) is 84.7 Å². The Balaban J connectivity index is 1.93. The number of nitrogens with zero attached hydrogens (tertiary/aromatic N) is 2. The molecule has 0 unspecified atom stereocenters. The molecule has 1 N–H and O–H groups in total. The van der Waals surface area contributed by atoms with E-state index in [-0.39, 0.29) is 24.4 Å². The molecule has 0 aromatic heterocycles. The second kappa shape index (κ2) is 8.34. The monoisotopic (exact) mass is 363 g/mol. The van der Waals surface area contributed by atoms with Crippen LogP contribution >= 0.6 is 11.6 Å². The maximum Gasteiger partial charge on any atom is 0.293 e. The molecule has 8 heteroatoms. The molecule has 0 saturated heterocycles. The van der Waals surface area contributed by atoms with E-state index < -0.39 is 10.8 Å². The van der Waals surface area contributed by atoms with Crippen LogP contribution in [0.15, 0.2) is 42.5 Å². The van der Waals surface area contributed by atoms with Gasteiger partial charge in [0.15, 0.2) is 0 Å². The number of carbonyl (C=O) groups is 1. The van der Waals surface area contributed by atoms with Gasteiger partial charge in [-0.3, -0.25) is 14.9 Å². The van der Waals surface area contributed by atoms with Crippen molar-refractivity contribution in [1.82, 2.24) is 5.32 Å². The average Bonchev–Trinajstić information content (AvgIpc) is 2.59.